The van der Waals surface area contributed by atoms with Crippen molar-refractivity contribution >= 4 is 5.91 Å². The Morgan fingerprint density at radius 3 is 2.58 bits per heavy atom. The molecule has 1 aliphatic heterocycles. The number of rotatable bonds is 4. The van der Waals surface area contributed by atoms with Crippen LogP contribution in [0.4, 0.5) is 13.2 Å². The summed E-state index contributed by atoms with van der Waals surface area (Å²) >= 11 is 0. The van der Waals surface area contributed by atoms with E-state index in [1.54, 1.807) is 18.1 Å². The molecule has 6 nitrogen and oxygen atoms in total. The van der Waals surface area contributed by atoms with Gasteiger partial charge in [-0.05, 0) is 49.2 Å². The van der Waals surface area contributed by atoms with E-state index in [2.05, 4.69) is 10.1 Å². The Hall–Kier alpha value is -3.36. The number of piperidine rings is 1. The van der Waals surface area contributed by atoms with Gasteiger partial charge >= 0.3 is 6.18 Å². The van der Waals surface area contributed by atoms with Gasteiger partial charge in [-0.15, -0.1) is 0 Å². The lowest BCUT2D eigenvalue weighted by Crippen LogP contribution is -2.38. The zero-order valence-corrected chi connectivity index (χ0v) is 16.7. The Balaban J connectivity index is 1.41. The first kappa shape index (κ1) is 20.9. The molecule has 1 amide bonds. The second-order valence-corrected chi connectivity index (χ2v) is 7.33. The monoisotopic (exact) mass is 431 g/mol. The number of benzene rings is 2. The Bertz CT molecular complexity index is 1070. The molecule has 0 spiro atoms. The molecule has 0 unspecified atom stereocenters. The maximum Gasteiger partial charge on any atom is 0.416 e. The summed E-state index contributed by atoms with van der Waals surface area (Å²) < 4.78 is 49.4. The standard InChI is InChI=1S/C22H20F3N3O3/c1-30-18-7-3-4-15(13-18)20-26-19(27-31-20)14-8-10-28(11-9-14)21(29)16-5-2-6-17(12-16)22(23,24)25/h2-7,12-14H,8-11H2,1H3. The van der Waals surface area contributed by atoms with Crippen molar-refractivity contribution in [2.45, 2.75) is 24.9 Å². The molecule has 0 aliphatic carbocycles. The number of hydrogen-bond donors (Lipinski definition) is 0. The Labute approximate surface area is 176 Å². The minimum absolute atomic E-state index is 0.00803. The maximum absolute atomic E-state index is 12.9. The highest BCUT2D eigenvalue weighted by Crippen LogP contribution is 2.32. The number of aromatic nitrogens is 2. The lowest BCUT2D eigenvalue weighted by atomic mass is 9.95. The van der Waals surface area contributed by atoms with Crippen molar-refractivity contribution < 1.29 is 27.2 Å². The third-order valence-electron chi connectivity index (χ3n) is 5.34. The zero-order chi connectivity index (χ0) is 22.0. The number of alkyl halides is 3. The molecule has 1 aromatic heterocycles. The number of nitrogens with zero attached hydrogens (tertiary/aromatic N) is 3. The van der Waals surface area contributed by atoms with E-state index in [0.717, 1.165) is 17.7 Å². The highest BCUT2D eigenvalue weighted by molar-refractivity contribution is 5.94. The van der Waals surface area contributed by atoms with Gasteiger partial charge in [-0.1, -0.05) is 17.3 Å². The molecule has 1 saturated heterocycles. The molecule has 1 aliphatic rings. The van der Waals surface area contributed by atoms with Gasteiger partial charge in [0.1, 0.15) is 5.75 Å². The predicted molar refractivity (Wildman–Crippen MR) is 106 cm³/mol. The van der Waals surface area contributed by atoms with Crippen LogP contribution in [0.15, 0.2) is 53.1 Å². The lowest BCUT2D eigenvalue weighted by Gasteiger charge is -2.30. The second-order valence-electron chi connectivity index (χ2n) is 7.33. The number of methoxy groups -OCH3 is 1. The summed E-state index contributed by atoms with van der Waals surface area (Å²) in [4.78, 5) is 18.7. The number of carbonyl (C=O) groups is 1. The minimum atomic E-state index is -4.48. The van der Waals surface area contributed by atoms with Crippen LogP contribution in [-0.2, 0) is 6.18 Å². The highest BCUT2D eigenvalue weighted by Gasteiger charge is 2.32. The predicted octanol–water partition coefficient (Wildman–Crippen LogP) is 4.78. The molecule has 4 rings (SSSR count). The smallest absolute Gasteiger partial charge is 0.416 e. The summed E-state index contributed by atoms with van der Waals surface area (Å²) in [5.41, 5.74) is -0.0477. The summed E-state index contributed by atoms with van der Waals surface area (Å²) in [5.74, 6) is 1.22. The van der Waals surface area contributed by atoms with Gasteiger partial charge < -0.3 is 14.2 Å². The molecule has 162 valence electrons. The van der Waals surface area contributed by atoms with E-state index < -0.39 is 17.6 Å². The average molecular weight is 431 g/mol. The second kappa shape index (κ2) is 8.41. The number of hydrogen-bond acceptors (Lipinski definition) is 5. The zero-order valence-electron chi connectivity index (χ0n) is 16.7. The Morgan fingerprint density at radius 1 is 1.13 bits per heavy atom. The molecule has 0 bridgehead atoms. The van der Waals surface area contributed by atoms with Gasteiger partial charge in [0.05, 0.1) is 12.7 Å². The number of carbonyl (C=O) groups excluding carboxylic acids is 1. The van der Waals surface area contributed by atoms with E-state index in [1.165, 1.54) is 12.1 Å². The van der Waals surface area contributed by atoms with Crippen molar-refractivity contribution in [3.8, 4) is 17.2 Å². The summed E-state index contributed by atoms with van der Waals surface area (Å²) in [6, 6.07) is 11.8. The molecule has 2 aromatic carbocycles. The quantitative estimate of drug-likeness (QED) is 0.595. The summed E-state index contributed by atoms with van der Waals surface area (Å²) in [6.45, 7) is 0.811. The fraction of sp³-hybridized carbons (Fsp3) is 0.318. The number of ether oxygens (including phenoxy) is 1. The molecule has 1 fully saturated rings. The van der Waals surface area contributed by atoms with Gasteiger partial charge in [-0.3, -0.25) is 4.79 Å². The van der Waals surface area contributed by atoms with Crippen LogP contribution in [0.1, 0.15) is 40.5 Å². The number of halogens is 3. The summed E-state index contributed by atoms with van der Waals surface area (Å²) in [6.07, 6.45) is -3.29. The fourth-order valence-electron chi connectivity index (χ4n) is 3.63. The Kier molecular flexibility index (Phi) is 5.67. The van der Waals surface area contributed by atoms with E-state index in [-0.39, 0.29) is 11.5 Å². The van der Waals surface area contributed by atoms with Crippen molar-refractivity contribution in [1.82, 2.24) is 15.0 Å². The van der Waals surface area contributed by atoms with Gasteiger partial charge in [-0.2, -0.15) is 18.2 Å². The average Bonchev–Trinajstić information content (AvgIpc) is 3.29. The number of likely N-dealkylation sites (tertiary alicyclic amines) is 1. The summed E-state index contributed by atoms with van der Waals surface area (Å²) in [5, 5.41) is 4.08. The molecule has 0 radical (unpaired) electrons. The van der Waals surface area contributed by atoms with E-state index in [4.69, 9.17) is 9.26 Å². The highest BCUT2D eigenvalue weighted by atomic mass is 19.4. The normalized spacial score (nSPS) is 15.2. The fourth-order valence-corrected chi connectivity index (χ4v) is 3.63. The van der Waals surface area contributed by atoms with Crippen molar-refractivity contribution in [1.29, 1.82) is 0 Å². The van der Waals surface area contributed by atoms with Crippen LogP contribution in [0.2, 0.25) is 0 Å². The van der Waals surface area contributed by atoms with Crippen LogP contribution < -0.4 is 4.74 Å². The maximum atomic E-state index is 12.9. The molecular weight excluding hydrogens is 411 g/mol. The van der Waals surface area contributed by atoms with Crippen LogP contribution in [0.3, 0.4) is 0 Å². The third-order valence-corrected chi connectivity index (χ3v) is 5.34. The van der Waals surface area contributed by atoms with Crippen LogP contribution in [0.5, 0.6) is 5.75 Å². The SMILES string of the molecule is COc1cccc(-c2nc(C3CCN(C(=O)c4cccc(C(F)(F)F)c4)CC3)no2)c1. The molecule has 0 atom stereocenters. The van der Waals surface area contributed by atoms with Crippen molar-refractivity contribution in [2.75, 3.05) is 20.2 Å². The molecule has 0 N–H and O–H groups in total. The van der Waals surface area contributed by atoms with Crippen LogP contribution in [0, 0.1) is 0 Å². The number of amides is 1. The van der Waals surface area contributed by atoms with Gasteiger partial charge in [0.2, 0.25) is 0 Å². The van der Waals surface area contributed by atoms with Crippen LogP contribution in [0.25, 0.3) is 11.5 Å². The largest absolute Gasteiger partial charge is 0.497 e. The van der Waals surface area contributed by atoms with E-state index in [0.29, 0.717) is 43.4 Å². The van der Waals surface area contributed by atoms with Crippen molar-refractivity contribution in [3.05, 3.63) is 65.5 Å². The van der Waals surface area contributed by atoms with Crippen molar-refractivity contribution in [2.24, 2.45) is 0 Å². The first-order valence-corrected chi connectivity index (χ1v) is 9.79. The van der Waals surface area contributed by atoms with Crippen LogP contribution in [-0.4, -0.2) is 41.1 Å². The van der Waals surface area contributed by atoms with Gasteiger partial charge in [0, 0.05) is 30.1 Å². The van der Waals surface area contributed by atoms with Gasteiger partial charge in [0.15, 0.2) is 5.82 Å². The first-order valence-electron chi connectivity index (χ1n) is 9.79. The lowest BCUT2D eigenvalue weighted by molar-refractivity contribution is -0.137. The Morgan fingerprint density at radius 2 is 1.87 bits per heavy atom. The molecular formula is C22H20F3N3O3. The molecule has 3 aromatic rings. The van der Waals surface area contributed by atoms with E-state index >= 15 is 0 Å². The topological polar surface area (TPSA) is 68.5 Å². The van der Waals surface area contributed by atoms with E-state index in [1.807, 2.05) is 18.2 Å². The van der Waals surface area contributed by atoms with Crippen molar-refractivity contribution in [3.63, 3.8) is 0 Å². The third kappa shape index (κ3) is 4.55. The molecule has 31 heavy (non-hydrogen) atoms. The molecule has 9 heteroatoms. The van der Waals surface area contributed by atoms with Gasteiger partial charge in [0.25, 0.3) is 11.8 Å². The van der Waals surface area contributed by atoms with Crippen LogP contribution >= 0.6 is 0 Å². The minimum Gasteiger partial charge on any atom is -0.497 e. The van der Waals surface area contributed by atoms with E-state index in [9.17, 15) is 18.0 Å². The molecule has 0 saturated carbocycles. The van der Waals surface area contributed by atoms with Gasteiger partial charge in [-0.25, -0.2) is 0 Å². The first-order chi connectivity index (χ1) is 14.8. The summed E-state index contributed by atoms with van der Waals surface area (Å²) in [7, 11) is 1.58. The molecule has 2 heterocycles.